The van der Waals surface area contributed by atoms with Gasteiger partial charge in [0.1, 0.15) is 0 Å². The molecule has 0 spiro atoms. The van der Waals surface area contributed by atoms with Crippen LogP contribution in [0.4, 0.5) is 0 Å². The van der Waals surface area contributed by atoms with Gasteiger partial charge >= 0.3 is 0 Å². The van der Waals surface area contributed by atoms with E-state index in [0.717, 1.165) is 24.7 Å². The maximum atomic E-state index is 5.99. The summed E-state index contributed by atoms with van der Waals surface area (Å²) in [6.07, 6.45) is 3.67. The van der Waals surface area contributed by atoms with Gasteiger partial charge in [0.15, 0.2) is 0 Å². The minimum atomic E-state index is 0.283. The molecule has 0 aliphatic heterocycles. The summed E-state index contributed by atoms with van der Waals surface area (Å²) in [6, 6.07) is 8.09. The molecule has 2 nitrogen and oxygen atoms in total. The van der Waals surface area contributed by atoms with E-state index in [1.54, 1.807) is 0 Å². The van der Waals surface area contributed by atoms with E-state index in [9.17, 15) is 0 Å². The number of rotatable bonds is 8. The fourth-order valence-electron chi connectivity index (χ4n) is 2.11. The van der Waals surface area contributed by atoms with Crippen LogP contribution in [0.5, 0.6) is 0 Å². The molecule has 0 aromatic heterocycles. The SMILES string of the molecule is CN(CCCCC(C)(C)CN)Cc1cccc(Cl)c1. The summed E-state index contributed by atoms with van der Waals surface area (Å²) in [7, 11) is 2.16. The van der Waals surface area contributed by atoms with E-state index in [2.05, 4.69) is 31.9 Å². The van der Waals surface area contributed by atoms with Crippen molar-refractivity contribution in [1.29, 1.82) is 0 Å². The maximum absolute atomic E-state index is 5.99. The van der Waals surface area contributed by atoms with Gasteiger partial charge in [0.05, 0.1) is 0 Å². The maximum Gasteiger partial charge on any atom is 0.0409 e. The summed E-state index contributed by atoms with van der Waals surface area (Å²) in [4.78, 5) is 2.35. The van der Waals surface area contributed by atoms with Gasteiger partial charge in [-0.1, -0.05) is 44.0 Å². The van der Waals surface area contributed by atoms with Crippen LogP contribution in [0.15, 0.2) is 24.3 Å². The van der Waals surface area contributed by atoms with Crippen LogP contribution in [0, 0.1) is 5.41 Å². The molecule has 0 radical (unpaired) electrons. The van der Waals surface area contributed by atoms with Crippen LogP contribution in [0.1, 0.15) is 38.7 Å². The standard InChI is InChI=1S/C16H27ClN2/c1-16(2,13-18)9-4-5-10-19(3)12-14-7-6-8-15(17)11-14/h6-8,11H,4-5,9-10,12-13,18H2,1-3H3. The molecule has 0 aliphatic carbocycles. The lowest BCUT2D eigenvalue weighted by molar-refractivity contribution is 0.289. The highest BCUT2D eigenvalue weighted by Crippen LogP contribution is 2.21. The summed E-state index contributed by atoms with van der Waals surface area (Å²) in [5, 5.41) is 0.815. The Balaban J connectivity index is 2.23. The summed E-state index contributed by atoms with van der Waals surface area (Å²) in [5.41, 5.74) is 7.30. The van der Waals surface area contributed by atoms with Crippen molar-refractivity contribution in [2.24, 2.45) is 11.1 Å². The van der Waals surface area contributed by atoms with Crippen LogP contribution in [0.25, 0.3) is 0 Å². The third-order valence-corrected chi connectivity index (χ3v) is 3.77. The summed E-state index contributed by atoms with van der Waals surface area (Å²) in [6.45, 7) is 7.32. The minimum absolute atomic E-state index is 0.283. The first-order valence-electron chi connectivity index (χ1n) is 7.06. The average molecular weight is 283 g/mol. The van der Waals surface area contributed by atoms with Crippen molar-refractivity contribution in [3.8, 4) is 0 Å². The third kappa shape index (κ3) is 6.95. The topological polar surface area (TPSA) is 29.3 Å². The normalized spacial score (nSPS) is 12.1. The van der Waals surface area contributed by atoms with E-state index in [1.165, 1.54) is 24.8 Å². The van der Waals surface area contributed by atoms with Gasteiger partial charge in [0, 0.05) is 11.6 Å². The summed E-state index contributed by atoms with van der Waals surface area (Å²) < 4.78 is 0. The highest BCUT2D eigenvalue weighted by atomic mass is 35.5. The van der Waals surface area contributed by atoms with Crippen LogP contribution >= 0.6 is 11.6 Å². The van der Waals surface area contributed by atoms with Gasteiger partial charge in [0.2, 0.25) is 0 Å². The van der Waals surface area contributed by atoms with Crippen molar-refractivity contribution >= 4 is 11.6 Å². The molecule has 0 amide bonds. The number of unbranched alkanes of at least 4 members (excludes halogenated alkanes) is 1. The highest BCUT2D eigenvalue weighted by Gasteiger charge is 2.14. The van der Waals surface area contributed by atoms with E-state index >= 15 is 0 Å². The molecule has 19 heavy (non-hydrogen) atoms. The molecule has 0 unspecified atom stereocenters. The van der Waals surface area contributed by atoms with Gasteiger partial charge in [-0.3, -0.25) is 0 Å². The van der Waals surface area contributed by atoms with Crippen LogP contribution in [-0.2, 0) is 6.54 Å². The van der Waals surface area contributed by atoms with Gasteiger partial charge < -0.3 is 10.6 Å². The monoisotopic (exact) mass is 282 g/mol. The minimum Gasteiger partial charge on any atom is -0.330 e. The average Bonchev–Trinajstić information content (AvgIpc) is 2.35. The van der Waals surface area contributed by atoms with Gasteiger partial charge in [-0.15, -0.1) is 0 Å². The molecule has 108 valence electrons. The third-order valence-electron chi connectivity index (χ3n) is 3.54. The van der Waals surface area contributed by atoms with Gasteiger partial charge in [-0.2, -0.15) is 0 Å². The molecule has 0 fully saturated rings. The second-order valence-corrected chi connectivity index (χ2v) is 6.63. The Bertz CT molecular complexity index is 377. The number of halogens is 1. The smallest absolute Gasteiger partial charge is 0.0409 e. The van der Waals surface area contributed by atoms with Crippen LogP contribution in [-0.4, -0.2) is 25.0 Å². The van der Waals surface area contributed by atoms with Crippen molar-refractivity contribution in [1.82, 2.24) is 4.90 Å². The number of nitrogens with two attached hydrogens (primary N) is 1. The first-order chi connectivity index (χ1) is 8.93. The van der Waals surface area contributed by atoms with Crippen molar-refractivity contribution in [2.45, 2.75) is 39.7 Å². The van der Waals surface area contributed by atoms with Crippen molar-refractivity contribution < 1.29 is 0 Å². The second kappa shape index (κ2) is 7.88. The van der Waals surface area contributed by atoms with Gasteiger partial charge in [0.25, 0.3) is 0 Å². The van der Waals surface area contributed by atoms with Crippen LogP contribution in [0.2, 0.25) is 5.02 Å². The van der Waals surface area contributed by atoms with E-state index in [1.807, 2.05) is 18.2 Å². The number of hydrogen-bond donors (Lipinski definition) is 1. The zero-order valence-electron chi connectivity index (χ0n) is 12.5. The van der Waals surface area contributed by atoms with E-state index in [4.69, 9.17) is 17.3 Å². The molecule has 0 aliphatic rings. The Morgan fingerprint density at radius 3 is 2.63 bits per heavy atom. The fourth-order valence-corrected chi connectivity index (χ4v) is 2.33. The van der Waals surface area contributed by atoms with E-state index in [-0.39, 0.29) is 5.41 Å². The molecule has 0 saturated carbocycles. The Morgan fingerprint density at radius 2 is 2.00 bits per heavy atom. The molecule has 0 atom stereocenters. The Labute approximate surface area is 122 Å². The number of benzene rings is 1. The van der Waals surface area contributed by atoms with Crippen LogP contribution in [0.3, 0.4) is 0 Å². The molecular weight excluding hydrogens is 256 g/mol. The number of nitrogens with zero attached hydrogens (tertiary/aromatic N) is 1. The predicted molar refractivity (Wildman–Crippen MR) is 84.5 cm³/mol. The van der Waals surface area contributed by atoms with Gasteiger partial charge in [-0.25, -0.2) is 0 Å². The molecular formula is C16H27ClN2. The van der Waals surface area contributed by atoms with Crippen LogP contribution < -0.4 is 5.73 Å². The molecule has 3 heteroatoms. The number of hydrogen-bond acceptors (Lipinski definition) is 2. The lowest BCUT2D eigenvalue weighted by Gasteiger charge is -2.23. The predicted octanol–water partition coefficient (Wildman–Crippen LogP) is 3.93. The summed E-state index contributed by atoms with van der Waals surface area (Å²) in [5.74, 6) is 0. The van der Waals surface area contributed by atoms with Crippen molar-refractivity contribution in [3.63, 3.8) is 0 Å². The molecule has 2 N–H and O–H groups in total. The first-order valence-corrected chi connectivity index (χ1v) is 7.44. The Morgan fingerprint density at radius 1 is 1.26 bits per heavy atom. The molecule has 0 bridgehead atoms. The molecule has 1 rings (SSSR count). The first kappa shape index (κ1) is 16.5. The van der Waals surface area contributed by atoms with Crippen molar-refractivity contribution in [2.75, 3.05) is 20.1 Å². The van der Waals surface area contributed by atoms with Crippen molar-refractivity contribution in [3.05, 3.63) is 34.9 Å². The van der Waals surface area contributed by atoms with E-state index in [0.29, 0.717) is 0 Å². The van der Waals surface area contributed by atoms with E-state index < -0.39 is 0 Å². The zero-order chi connectivity index (χ0) is 14.3. The largest absolute Gasteiger partial charge is 0.330 e. The molecule has 1 aromatic carbocycles. The van der Waals surface area contributed by atoms with Gasteiger partial charge in [-0.05, 0) is 56.1 Å². The molecule has 0 heterocycles. The second-order valence-electron chi connectivity index (χ2n) is 6.19. The molecule has 1 aromatic rings. The summed E-state index contributed by atoms with van der Waals surface area (Å²) >= 11 is 5.99. The quantitative estimate of drug-likeness (QED) is 0.732. The Kier molecular flexibility index (Phi) is 6.84. The zero-order valence-corrected chi connectivity index (χ0v) is 13.2. The fraction of sp³-hybridized carbons (Fsp3) is 0.625. The highest BCUT2D eigenvalue weighted by molar-refractivity contribution is 6.30. The lowest BCUT2D eigenvalue weighted by atomic mass is 9.87. The molecule has 0 saturated heterocycles. The Hall–Kier alpha value is -0.570. The lowest BCUT2D eigenvalue weighted by Crippen LogP contribution is -2.24.